The van der Waals surface area contributed by atoms with Gasteiger partial charge in [-0.1, -0.05) is 21.1 Å². The monoisotopic (exact) mass is 447 g/mol. The Kier molecular flexibility index (Phi) is 5.50. The van der Waals surface area contributed by atoms with Crippen LogP contribution in [0.3, 0.4) is 0 Å². The highest BCUT2D eigenvalue weighted by atomic mass is 79.9. The highest BCUT2D eigenvalue weighted by Crippen LogP contribution is 2.33. The van der Waals surface area contributed by atoms with Crippen molar-refractivity contribution in [3.8, 4) is 0 Å². The summed E-state index contributed by atoms with van der Waals surface area (Å²) >= 11 is 3.09. The van der Waals surface area contributed by atoms with Crippen molar-refractivity contribution < 1.29 is 35.6 Å². The maximum absolute atomic E-state index is 14.1. The normalized spacial score (nSPS) is 19.7. The van der Waals surface area contributed by atoms with Gasteiger partial charge in [0.25, 0.3) is 0 Å². The van der Waals surface area contributed by atoms with Crippen molar-refractivity contribution in [2.45, 2.75) is 36.6 Å². The number of nitrogens with zero attached hydrogens (tertiary/aromatic N) is 1. The third-order valence-corrected chi connectivity index (χ3v) is 7.04. The van der Waals surface area contributed by atoms with E-state index in [0.717, 1.165) is 7.11 Å². The van der Waals surface area contributed by atoms with Crippen LogP contribution in [-0.2, 0) is 31.8 Å². The fraction of sp³-hybridized carbons (Fsp3) is 0.500. The maximum Gasteiger partial charge on any atom is 0.200 e. The van der Waals surface area contributed by atoms with E-state index in [0.29, 0.717) is 0 Å². The zero-order valence-electron chi connectivity index (χ0n) is 13.4. The minimum atomic E-state index is -4.40. The van der Waals surface area contributed by atoms with Gasteiger partial charge in [0.2, 0.25) is 9.84 Å². The van der Waals surface area contributed by atoms with E-state index in [1.54, 1.807) is 13.8 Å². The lowest BCUT2D eigenvalue weighted by Gasteiger charge is -2.19. The first-order chi connectivity index (χ1) is 11.4. The second-order valence-corrected chi connectivity index (χ2v) is 8.74. The van der Waals surface area contributed by atoms with Crippen LogP contribution in [0.2, 0.25) is 0 Å². The standard InChI is InChI=1S/C14H14BrF4NO4S/c1-14(2)12(15)13(20-24-14)25(21,22)5-7-10(18)8(16)6(4-23-3)9(17)11(7)19/h12H,4-5H2,1-3H3. The highest BCUT2D eigenvalue weighted by molar-refractivity contribution is 9.10. The molecule has 1 aliphatic heterocycles. The minimum Gasteiger partial charge on any atom is -0.387 e. The van der Waals surface area contributed by atoms with E-state index >= 15 is 0 Å². The lowest BCUT2D eigenvalue weighted by Crippen LogP contribution is -2.36. The second kappa shape index (κ2) is 6.84. The number of halogens is 5. The molecule has 2 rings (SSSR count). The van der Waals surface area contributed by atoms with Gasteiger partial charge in [0, 0.05) is 12.7 Å². The Morgan fingerprint density at radius 2 is 1.60 bits per heavy atom. The molecule has 0 N–H and O–H groups in total. The van der Waals surface area contributed by atoms with Gasteiger partial charge in [0.05, 0.1) is 17.9 Å². The summed E-state index contributed by atoms with van der Waals surface area (Å²) in [6, 6.07) is 0. The molecule has 0 bridgehead atoms. The van der Waals surface area contributed by atoms with Crippen molar-refractivity contribution in [3.05, 3.63) is 34.4 Å². The van der Waals surface area contributed by atoms with Gasteiger partial charge in [-0.2, -0.15) is 0 Å². The Bertz CT molecular complexity index is 813. The molecule has 0 spiro atoms. The van der Waals surface area contributed by atoms with Gasteiger partial charge < -0.3 is 9.57 Å². The molecule has 1 heterocycles. The van der Waals surface area contributed by atoms with Crippen LogP contribution in [0.25, 0.3) is 0 Å². The van der Waals surface area contributed by atoms with Crippen LogP contribution in [0.15, 0.2) is 5.16 Å². The summed E-state index contributed by atoms with van der Waals surface area (Å²) < 4.78 is 85.3. The first-order valence-electron chi connectivity index (χ1n) is 6.89. The first-order valence-corrected chi connectivity index (χ1v) is 9.46. The largest absolute Gasteiger partial charge is 0.387 e. The maximum atomic E-state index is 14.1. The molecule has 0 aromatic heterocycles. The van der Waals surface area contributed by atoms with Gasteiger partial charge in [-0.25, -0.2) is 26.0 Å². The molecular weight excluding hydrogens is 434 g/mol. The van der Waals surface area contributed by atoms with E-state index in [2.05, 4.69) is 25.8 Å². The average molecular weight is 448 g/mol. The molecule has 1 aromatic carbocycles. The molecule has 1 unspecified atom stereocenters. The van der Waals surface area contributed by atoms with Crippen LogP contribution in [-0.4, -0.2) is 31.0 Å². The lowest BCUT2D eigenvalue weighted by atomic mass is 10.1. The Morgan fingerprint density at radius 1 is 1.12 bits per heavy atom. The Morgan fingerprint density at radius 3 is 2.00 bits per heavy atom. The molecule has 0 saturated carbocycles. The van der Waals surface area contributed by atoms with Crippen molar-refractivity contribution in [3.63, 3.8) is 0 Å². The summed E-state index contributed by atoms with van der Waals surface area (Å²) in [5, 5.41) is 2.90. The first kappa shape index (κ1) is 20.1. The summed E-state index contributed by atoms with van der Waals surface area (Å²) in [4.78, 5) is 4.07. The summed E-state index contributed by atoms with van der Waals surface area (Å²) in [6.45, 7) is 2.37. The van der Waals surface area contributed by atoms with Gasteiger partial charge in [-0.05, 0) is 13.8 Å². The van der Waals surface area contributed by atoms with Crippen LogP contribution >= 0.6 is 15.9 Å². The van der Waals surface area contributed by atoms with E-state index in [4.69, 9.17) is 4.84 Å². The van der Waals surface area contributed by atoms with Crippen LogP contribution < -0.4 is 0 Å². The van der Waals surface area contributed by atoms with E-state index in [1.807, 2.05) is 0 Å². The number of hydrogen-bond donors (Lipinski definition) is 0. The van der Waals surface area contributed by atoms with Gasteiger partial charge >= 0.3 is 0 Å². The molecule has 1 aliphatic rings. The molecule has 1 atom stereocenters. The summed E-state index contributed by atoms with van der Waals surface area (Å²) in [7, 11) is -3.32. The molecule has 0 aliphatic carbocycles. The zero-order chi connectivity index (χ0) is 19.2. The topological polar surface area (TPSA) is 65.0 Å². The molecule has 1 aromatic rings. The van der Waals surface area contributed by atoms with Crippen LogP contribution in [0.4, 0.5) is 17.6 Å². The third kappa shape index (κ3) is 3.54. The van der Waals surface area contributed by atoms with Crippen LogP contribution in [0.1, 0.15) is 25.0 Å². The van der Waals surface area contributed by atoms with Gasteiger partial charge in [-0.3, -0.25) is 0 Å². The molecular formula is C14H14BrF4NO4S. The zero-order valence-corrected chi connectivity index (χ0v) is 15.8. The summed E-state index contributed by atoms with van der Waals surface area (Å²) in [5.41, 5.74) is -3.22. The van der Waals surface area contributed by atoms with Crippen molar-refractivity contribution in [1.29, 1.82) is 0 Å². The van der Waals surface area contributed by atoms with Crippen LogP contribution in [0, 0.1) is 23.3 Å². The second-order valence-electron chi connectivity index (χ2n) is 5.89. The van der Waals surface area contributed by atoms with E-state index < -0.39 is 72.1 Å². The molecule has 25 heavy (non-hydrogen) atoms. The molecule has 0 radical (unpaired) electrons. The lowest BCUT2D eigenvalue weighted by molar-refractivity contribution is 0.0164. The fourth-order valence-electron chi connectivity index (χ4n) is 2.15. The number of hydrogen-bond acceptors (Lipinski definition) is 5. The molecule has 0 saturated heterocycles. The fourth-order valence-corrected chi connectivity index (χ4v) is 4.70. The van der Waals surface area contributed by atoms with Crippen molar-refractivity contribution >= 4 is 30.8 Å². The van der Waals surface area contributed by atoms with Crippen molar-refractivity contribution in [2.24, 2.45) is 5.16 Å². The average Bonchev–Trinajstić information content (AvgIpc) is 2.81. The van der Waals surface area contributed by atoms with E-state index in [-0.39, 0.29) is 0 Å². The molecule has 11 heteroatoms. The number of sulfone groups is 1. The molecule has 140 valence electrons. The highest BCUT2D eigenvalue weighted by Gasteiger charge is 2.46. The van der Waals surface area contributed by atoms with Crippen molar-refractivity contribution in [1.82, 2.24) is 0 Å². The molecule has 0 fully saturated rings. The third-order valence-electron chi connectivity index (χ3n) is 3.58. The number of ether oxygens (including phenoxy) is 1. The summed E-state index contributed by atoms with van der Waals surface area (Å²) in [5.74, 6) is -8.30. The molecule has 5 nitrogen and oxygen atoms in total. The van der Waals surface area contributed by atoms with E-state index in [1.165, 1.54) is 0 Å². The Balaban J connectivity index is 2.48. The predicted molar refractivity (Wildman–Crippen MR) is 84.9 cm³/mol. The van der Waals surface area contributed by atoms with Crippen LogP contribution in [0.5, 0.6) is 0 Å². The number of methoxy groups -OCH3 is 1. The smallest absolute Gasteiger partial charge is 0.200 e. The Labute approximate surface area is 150 Å². The number of alkyl halides is 1. The van der Waals surface area contributed by atoms with E-state index in [9.17, 15) is 26.0 Å². The minimum absolute atomic E-state index is 0.516. The van der Waals surface area contributed by atoms with Gasteiger partial charge in [0.15, 0.2) is 33.9 Å². The SMILES string of the molecule is COCc1c(F)c(F)c(CS(=O)(=O)C2=NOC(C)(C)C2Br)c(F)c1F. The molecule has 0 amide bonds. The number of oxime groups is 1. The predicted octanol–water partition coefficient (Wildman–Crippen LogP) is 3.19. The number of rotatable bonds is 4. The Hall–Kier alpha value is -1.20. The summed E-state index contributed by atoms with van der Waals surface area (Å²) in [6.07, 6.45) is 0. The quantitative estimate of drug-likeness (QED) is 0.403. The van der Waals surface area contributed by atoms with Gasteiger partial charge in [0.1, 0.15) is 4.83 Å². The number of benzene rings is 1. The van der Waals surface area contributed by atoms with Crippen molar-refractivity contribution in [2.75, 3.05) is 7.11 Å². The van der Waals surface area contributed by atoms with Gasteiger partial charge in [-0.15, -0.1) is 0 Å².